The van der Waals surface area contributed by atoms with Gasteiger partial charge in [0.1, 0.15) is 0 Å². The van der Waals surface area contributed by atoms with Gasteiger partial charge < -0.3 is 24.3 Å². The Morgan fingerprint density at radius 2 is 1.93 bits per heavy atom. The third-order valence-electron chi connectivity index (χ3n) is 5.82. The number of amides is 1. The molecule has 1 N–H and O–H groups in total. The first kappa shape index (κ1) is 17.8. The van der Waals surface area contributed by atoms with E-state index in [2.05, 4.69) is 27.9 Å². The van der Waals surface area contributed by atoms with Crippen molar-refractivity contribution < 1.29 is 14.3 Å². The second kappa shape index (κ2) is 7.31. The normalized spacial score (nSPS) is 16.4. The number of hydrogen-bond acceptors (Lipinski definition) is 5. The Bertz CT molecular complexity index is 1050. The van der Waals surface area contributed by atoms with E-state index in [4.69, 9.17) is 14.5 Å². The molecule has 1 aromatic heterocycles. The zero-order valence-corrected chi connectivity index (χ0v) is 16.4. The maximum Gasteiger partial charge on any atom is 0.231 e. The molecule has 29 heavy (non-hydrogen) atoms. The monoisotopic (exact) mass is 392 g/mol. The van der Waals surface area contributed by atoms with E-state index in [9.17, 15) is 4.79 Å². The molecule has 0 radical (unpaired) electrons. The number of para-hydroxylation sites is 2. The first-order chi connectivity index (χ1) is 14.2. The molecule has 0 unspecified atom stereocenters. The number of carbonyl (C=O) groups is 1. The maximum atomic E-state index is 12.6. The minimum Gasteiger partial charge on any atom is -0.454 e. The van der Waals surface area contributed by atoms with Gasteiger partial charge in [0.2, 0.25) is 18.6 Å². The summed E-state index contributed by atoms with van der Waals surface area (Å²) in [5.41, 5.74) is 3.15. The van der Waals surface area contributed by atoms with Gasteiger partial charge in [-0.15, -0.1) is 0 Å². The van der Waals surface area contributed by atoms with Crippen molar-refractivity contribution in [3.05, 3.63) is 48.0 Å². The topological polar surface area (TPSA) is 68.6 Å². The fourth-order valence-electron chi connectivity index (χ4n) is 4.14. The molecular weight excluding hydrogens is 368 g/mol. The molecule has 0 spiro atoms. The quantitative estimate of drug-likeness (QED) is 0.740. The number of nitrogens with one attached hydrogen (secondary N) is 1. The van der Waals surface area contributed by atoms with Crippen molar-refractivity contribution in [2.75, 3.05) is 24.8 Å². The van der Waals surface area contributed by atoms with Gasteiger partial charge in [0.25, 0.3) is 0 Å². The Hall–Kier alpha value is -3.22. The van der Waals surface area contributed by atoms with E-state index >= 15 is 0 Å². The van der Waals surface area contributed by atoms with Crippen LogP contribution in [0.5, 0.6) is 11.5 Å². The fourth-order valence-corrected chi connectivity index (χ4v) is 4.14. The van der Waals surface area contributed by atoms with Crippen molar-refractivity contribution in [2.24, 2.45) is 13.0 Å². The fraction of sp³-hybridized carbons (Fsp3) is 0.364. The van der Waals surface area contributed by atoms with E-state index in [1.807, 2.05) is 36.4 Å². The van der Waals surface area contributed by atoms with Gasteiger partial charge in [-0.3, -0.25) is 4.79 Å². The highest BCUT2D eigenvalue weighted by Crippen LogP contribution is 2.32. The zero-order valence-electron chi connectivity index (χ0n) is 16.4. The number of carbonyl (C=O) groups excluding carboxylic acids is 1. The number of aromatic nitrogens is 2. The first-order valence-electron chi connectivity index (χ1n) is 10.0. The molecule has 3 aromatic rings. The Kier molecular flexibility index (Phi) is 4.50. The predicted molar refractivity (Wildman–Crippen MR) is 110 cm³/mol. The highest BCUT2D eigenvalue weighted by Gasteiger charge is 2.27. The van der Waals surface area contributed by atoms with Gasteiger partial charge in [0.05, 0.1) is 11.0 Å². The number of aryl methyl sites for hydroxylation is 1. The predicted octanol–water partition coefficient (Wildman–Crippen LogP) is 2.83. The lowest BCUT2D eigenvalue weighted by Crippen LogP contribution is -2.41. The van der Waals surface area contributed by atoms with E-state index in [-0.39, 0.29) is 18.6 Å². The maximum absolute atomic E-state index is 12.6. The minimum absolute atomic E-state index is 0.0370. The van der Waals surface area contributed by atoms with Crippen LogP contribution in [0.4, 0.5) is 5.95 Å². The van der Waals surface area contributed by atoms with Crippen LogP contribution in [0.3, 0.4) is 0 Å². The van der Waals surface area contributed by atoms with E-state index in [0.29, 0.717) is 6.54 Å². The second-order valence-corrected chi connectivity index (χ2v) is 7.63. The Labute approximate surface area is 169 Å². The van der Waals surface area contributed by atoms with Crippen LogP contribution in [0, 0.1) is 5.92 Å². The molecule has 0 atom stereocenters. The summed E-state index contributed by atoms with van der Waals surface area (Å²) in [6.45, 7) is 2.42. The van der Waals surface area contributed by atoms with E-state index in [0.717, 1.165) is 60.0 Å². The average Bonchev–Trinajstić information content (AvgIpc) is 3.36. The largest absolute Gasteiger partial charge is 0.454 e. The summed E-state index contributed by atoms with van der Waals surface area (Å²) in [7, 11) is 2.05. The van der Waals surface area contributed by atoms with E-state index < -0.39 is 0 Å². The van der Waals surface area contributed by atoms with Crippen LogP contribution in [0.25, 0.3) is 11.0 Å². The SMILES string of the molecule is Cn1c(N2CCC(C(=O)NCc3ccc4c(c3)OCO4)CC2)nc2ccccc21. The number of piperidine rings is 1. The van der Waals surface area contributed by atoms with Crippen molar-refractivity contribution in [1.82, 2.24) is 14.9 Å². The van der Waals surface area contributed by atoms with Gasteiger partial charge in [-0.1, -0.05) is 18.2 Å². The van der Waals surface area contributed by atoms with E-state index in [1.165, 1.54) is 0 Å². The lowest BCUT2D eigenvalue weighted by molar-refractivity contribution is -0.125. The molecule has 7 heteroatoms. The van der Waals surface area contributed by atoms with Crippen molar-refractivity contribution in [3.63, 3.8) is 0 Å². The van der Waals surface area contributed by atoms with Crippen molar-refractivity contribution >= 4 is 22.9 Å². The Balaban J connectivity index is 1.18. The summed E-state index contributed by atoms with van der Waals surface area (Å²) < 4.78 is 12.9. The van der Waals surface area contributed by atoms with Crippen LogP contribution >= 0.6 is 0 Å². The van der Waals surface area contributed by atoms with Crippen molar-refractivity contribution in [2.45, 2.75) is 19.4 Å². The standard InChI is InChI=1S/C22H24N4O3/c1-25-18-5-3-2-4-17(18)24-22(25)26-10-8-16(9-11-26)21(27)23-13-15-6-7-19-20(12-15)29-14-28-19/h2-7,12,16H,8-11,13-14H2,1H3,(H,23,27). The molecule has 1 fully saturated rings. The van der Waals surface area contributed by atoms with Crippen LogP contribution in [-0.4, -0.2) is 35.3 Å². The molecule has 3 heterocycles. The molecule has 1 amide bonds. The van der Waals surface area contributed by atoms with Gasteiger partial charge in [-0.2, -0.15) is 0 Å². The number of rotatable bonds is 4. The van der Waals surface area contributed by atoms with Gasteiger partial charge >= 0.3 is 0 Å². The molecule has 0 aliphatic carbocycles. The number of fused-ring (bicyclic) bond motifs is 2. The number of benzene rings is 2. The van der Waals surface area contributed by atoms with E-state index in [1.54, 1.807) is 0 Å². The average molecular weight is 392 g/mol. The summed E-state index contributed by atoms with van der Waals surface area (Å²) in [4.78, 5) is 19.7. The van der Waals surface area contributed by atoms with Gasteiger partial charge in [0, 0.05) is 32.6 Å². The molecule has 0 bridgehead atoms. The molecule has 2 aromatic carbocycles. The molecule has 1 saturated heterocycles. The summed E-state index contributed by atoms with van der Waals surface area (Å²) >= 11 is 0. The van der Waals surface area contributed by atoms with Crippen molar-refractivity contribution in [3.8, 4) is 11.5 Å². The zero-order chi connectivity index (χ0) is 19.8. The summed E-state index contributed by atoms with van der Waals surface area (Å²) in [5.74, 6) is 2.63. The van der Waals surface area contributed by atoms with Crippen LogP contribution in [0.15, 0.2) is 42.5 Å². The van der Waals surface area contributed by atoms with Crippen LogP contribution in [0.2, 0.25) is 0 Å². The molecule has 2 aliphatic heterocycles. The lowest BCUT2D eigenvalue weighted by atomic mass is 9.96. The molecule has 5 rings (SSSR count). The van der Waals surface area contributed by atoms with Crippen molar-refractivity contribution in [1.29, 1.82) is 0 Å². The smallest absolute Gasteiger partial charge is 0.231 e. The van der Waals surface area contributed by atoms with Crippen LogP contribution in [0.1, 0.15) is 18.4 Å². The van der Waals surface area contributed by atoms with Crippen LogP contribution < -0.4 is 19.7 Å². The minimum atomic E-state index is 0.0370. The first-order valence-corrected chi connectivity index (χ1v) is 10.0. The number of ether oxygens (including phenoxy) is 2. The van der Waals surface area contributed by atoms with Crippen LogP contribution in [-0.2, 0) is 18.4 Å². The summed E-state index contributed by atoms with van der Waals surface area (Å²) in [6, 6.07) is 13.9. The molecular formula is C22H24N4O3. The third kappa shape index (κ3) is 3.37. The third-order valence-corrected chi connectivity index (χ3v) is 5.82. The van der Waals surface area contributed by atoms with Gasteiger partial charge in [-0.05, 0) is 42.7 Å². The summed E-state index contributed by atoms with van der Waals surface area (Å²) in [6.07, 6.45) is 1.66. The van der Waals surface area contributed by atoms with Gasteiger partial charge in [0.15, 0.2) is 11.5 Å². The Morgan fingerprint density at radius 1 is 1.14 bits per heavy atom. The number of anilines is 1. The second-order valence-electron chi connectivity index (χ2n) is 7.63. The highest BCUT2D eigenvalue weighted by molar-refractivity contribution is 5.80. The lowest BCUT2D eigenvalue weighted by Gasteiger charge is -2.32. The van der Waals surface area contributed by atoms with Gasteiger partial charge in [-0.25, -0.2) is 4.98 Å². The number of hydrogen-bond donors (Lipinski definition) is 1. The molecule has 2 aliphatic rings. The number of imidazole rings is 1. The molecule has 7 nitrogen and oxygen atoms in total. The summed E-state index contributed by atoms with van der Waals surface area (Å²) in [5, 5.41) is 3.07. The molecule has 150 valence electrons. The Morgan fingerprint density at radius 3 is 2.76 bits per heavy atom. The molecule has 0 saturated carbocycles. The number of nitrogens with zero attached hydrogens (tertiary/aromatic N) is 3. The highest BCUT2D eigenvalue weighted by atomic mass is 16.7.